The summed E-state index contributed by atoms with van der Waals surface area (Å²) in [7, 11) is 0. The van der Waals surface area contributed by atoms with Crippen molar-refractivity contribution in [3.05, 3.63) is 28.2 Å². The van der Waals surface area contributed by atoms with E-state index in [2.05, 4.69) is 26.0 Å². The van der Waals surface area contributed by atoms with Crippen LogP contribution in [0.5, 0.6) is 0 Å². The van der Waals surface area contributed by atoms with Gasteiger partial charge in [0.2, 0.25) is 5.91 Å². The number of rotatable bonds is 5. The molecule has 0 saturated carbocycles. The molecule has 0 aliphatic rings. The first kappa shape index (κ1) is 14.2. The number of halogens is 1. The molecule has 0 aromatic heterocycles. The molecule has 1 rings (SSSR count). The third-order valence-electron chi connectivity index (χ3n) is 1.83. The first-order valence-corrected chi connectivity index (χ1v) is 5.61. The first-order chi connectivity index (χ1) is 8.52. The zero-order valence-electron chi connectivity index (χ0n) is 9.14. The summed E-state index contributed by atoms with van der Waals surface area (Å²) in [4.78, 5) is 21.6. The van der Waals surface area contributed by atoms with Crippen LogP contribution in [-0.2, 0) is 14.3 Å². The van der Waals surface area contributed by atoms with E-state index in [0.717, 1.165) is 0 Å². The van der Waals surface area contributed by atoms with Gasteiger partial charge in [-0.15, -0.1) is 0 Å². The SMILES string of the molecule is N#Cc1ccc(Br)cc1NC(=O)COCC(=O)O. The lowest BCUT2D eigenvalue weighted by molar-refractivity contribution is -0.143. The molecule has 1 amide bonds. The van der Waals surface area contributed by atoms with Crippen molar-refractivity contribution in [2.75, 3.05) is 18.5 Å². The largest absolute Gasteiger partial charge is 0.480 e. The van der Waals surface area contributed by atoms with Gasteiger partial charge in [0.15, 0.2) is 0 Å². The number of ether oxygens (including phenoxy) is 1. The highest BCUT2D eigenvalue weighted by Crippen LogP contribution is 2.20. The number of hydrogen-bond donors (Lipinski definition) is 2. The fourth-order valence-electron chi connectivity index (χ4n) is 1.13. The van der Waals surface area contributed by atoms with Crippen LogP contribution < -0.4 is 5.32 Å². The molecule has 1 aromatic carbocycles. The van der Waals surface area contributed by atoms with Crippen molar-refractivity contribution in [2.24, 2.45) is 0 Å². The maximum absolute atomic E-state index is 11.4. The van der Waals surface area contributed by atoms with E-state index in [9.17, 15) is 9.59 Å². The van der Waals surface area contributed by atoms with Crippen LogP contribution in [0.1, 0.15) is 5.56 Å². The number of benzene rings is 1. The van der Waals surface area contributed by atoms with Gasteiger partial charge in [0.05, 0.1) is 11.3 Å². The lowest BCUT2D eigenvalue weighted by Gasteiger charge is -2.07. The molecule has 2 N–H and O–H groups in total. The van der Waals surface area contributed by atoms with Crippen LogP contribution in [-0.4, -0.2) is 30.2 Å². The third-order valence-corrected chi connectivity index (χ3v) is 2.33. The van der Waals surface area contributed by atoms with E-state index in [4.69, 9.17) is 10.4 Å². The van der Waals surface area contributed by atoms with E-state index in [1.807, 2.05) is 6.07 Å². The number of carbonyl (C=O) groups is 2. The average Bonchev–Trinajstić information content (AvgIpc) is 2.28. The van der Waals surface area contributed by atoms with E-state index >= 15 is 0 Å². The highest BCUT2D eigenvalue weighted by molar-refractivity contribution is 9.10. The number of nitrogens with one attached hydrogen (secondary N) is 1. The minimum atomic E-state index is -1.15. The Labute approximate surface area is 111 Å². The number of nitrogens with zero attached hydrogens (tertiary/aromatic N) is 1. The molecule has 0 unspecified atom stereocenters. The van der Waals surface area contributed by atoms with Gasteiger partial charge in [-0.3, -0.25) is 4.79 Å². The highest BCUT2D eigenvalue weighted by atomic mass is 79.9. The maximum Gasteiger partial charge on any atom is 0.329 e. The molecule has 0 heterocycles. The summed E-state index contributed by atoms with van der Waals surface area (Å²) in [6.45, 7) is -0.930. The highest BCUT2D eigenvalue weighted by Gasteiger charge is 2.08. The maximum atomic E-state index is 11.4. The third kappa shape index (κ3) is 4.53. The van der Waals surface area contributed by atoms with Crippen LogP contribution in [0.4, 0.5) is 5.69 Å². The average molecular weight is 313 g/mol. The van der Waals surface area contributed by atoms with Crippen molar-refractivity contribution in [2.45, 2.75) is 0 Å². The smallest absolute Gasteiger partial charge is 0.329 e. The second kappa shape index (κ2) is 6.74. The monoisotopic (exact) mass is 312 g/mol. The van der Waals surface area contributed by atoms with Crippen LogP contribution >= 0.6 is 15.9 Å². The molecule has 0 saturated heterocycles. The summed E-state index contributed by atoms with van der Waals surface area (Å²) in [6, 6.07) is 6.74. The summed E-state index contributed by atoms with van der Waals surface area (Å²) in [5.41, 5.74) is 0.653. The molecular formula is C11H9BrN2O4. The Kier molecular flexibility index (Phi) is 5.30. The Morgan fingerprint density at radius 1 is 1.44 bits per heavy atom. The lowest BCUT2D eigenvalue weighted by atomic mass is 10.2. The van der Waals surface area contributed by atoms with Crippen molar-refractivity contribution in [3.8, 4) is 6.07 Å². The molecule has 0 fully saturated rings. The Balaban J connectivity index is 2.61. The quantitative estimate of drug-likeness (QED) is 0.855. The van der Waals surface area contributed by atoms with Crippen molar-refractivity contribution in [1.82, 2.24) is 0 Å². The number of amides is 1. The molecule has 0 atom stereocenters. The summed E-state index contributed by atoms with van der Waals surface area (Å²) < 4.78 is 5.34. The second-order valence-corrected chi connectivity index (χ2v) is 4.15. The molecular weight excluding hydrogens is 304 g/mol. The van der Waals surface area contributed by atoms with Crippen LogP contribution in [0.15, 0.2) is 22.7 Å². The normalized spacial score (nSPS) is 9.56. The molecule has 94 valence electrons. The van der Waals surface area contributed by atoms with Crippen molar-refractivity contribution < 1.29 is 19.4 Å². The first-order valence-electron chi connectivity index (χ1n) is 4.82. The number of aliphatic carboxylic acids is 1. The minimum absolute atomic E-state index is 0.310. The summed E-state index contributed by atoms with van der Waals surface area (Å²) >= 11 is 3.22. The van der Waals surface area contributed by atoms with Gasteiger partial charge >= 0.3 is 5.97 Å². The predicted octanol–water partition coefficient (Wildman–Crippen LogP) is 1.36. The van der Waals surface area contributed by atoms with Gasteiger partial charge < -0.3 is 15.2 Å². The summed E-state index contributed by atoms with van der Waals surface area (Å²) in [6.07, 6.45) is 0. The van der Waals surface area contributed by atoms with Crippen molar-refractivity contribution in [3.63, 3.8) is 0 Å². The number of anilines is 1. The van der Waals surface area contributed by atoms with Crippen LogP contribution in [0, 0.1) is 11.3 Å². The Morgan fingerprint density at radius 2 is 2.17 bits per heavy atom. The molecule has 7 heteroatoms. The Bertz CT molecular complexity index is 510. The molecule has 0 aliphatic heterocycles. The summed E-state index contributed by atoms with van der Waals surface area (Å²) in [5, 5.41) is 19.6. The molecule has 0 aliphatic carbocycles. The Hall–Kier alpha value is -1.91. The van der Waals surface area contributed by atoms with Crippen LogP contribution in [0.3, 0.4) is 0 Å². The van der Waals surface area contributed by atoms with E-state index in [-0.39, 0.29) is 6.61 Å². The van der Waals surface area contributed by atoms with Crippen LogP contribution in [0.2, 0.25) is 0 Å². The van der Waals surface area contributed by atoms with E-state index < -0.39 is 18.5 Å². The van der Waals surface area contributed by atoms with Gasteiger partial charge in [0, 0.05) is 4.47 Å². The van der Waals surface area contributed by atoms with Gasteiger partial charge in [-0.2, -0.15) is 5.26 Å². The second-order valence-electron chi connectivity index (χ2n) is 3.24. The number of nitriles is 1. The van der Waals surface area contributed by atoms with E-state index in [0.29, 0.717) is 15.7 Å². The van der Waals surface area contributed by atoms with Gasteiger partial charge in [0.25, 0.3) is 0 Å². The lowest BCUT2D eigenvalue weighted by Crippen LogP contribution is -2.21. The minimum Gasteiger partial charge on any atom is -0.480 e. The molecule has 6 nitrogen and oxygen atoms in total. The fraction of sp³-hybridized carbons (Fsp3) is 0.182. The molecule has 18 heavy (non-hydrogen) atoms. The number of carboxylic acids is 1. The Morgan fingerprint density at radius 3 is 2.78 bits per heavy atom. The van der Waals surface area contributed by atoms with Gasteiger partial charge in [0.1, 0.15) is 19.3 Å². The van der Waals surface area contributed by atoms with Gasteiger partial charge in [-0.1, -0.05) is 15.9 Å². The van der Waals surface area contributed by atoms with Crippen molar-refractivity contribution in [1.29, 1.82) is 5.26 Å². The van der Waals surface area contributed by atoms with E-state index in [1.165, 1.54) is 0 Å². The summed E-state index contributed by atoms with van der Waals surface area (Å²) in [5.74, 6) is -1.67. The standard InChI is InChI=1S/C11H9BrN2O4/c12-8-2-1-7(4-13)9(3-8)14-10(15)5-18-6-11(16)17/h1-3H,5-6H2,(H,14,15)(H,16,17). The molecule has 1 aromatic rings. The fourth-order valence-corrected chi connectivity index (χ4v) is 1.50. The van der Waals surface area contributed by atoms with Gasteiger partial charge in [-0.05, 0) is 18.2 Å². The zero-order chi connectivity index (χ0) is 13.5. The molecule has 0 radical (unpaired) electrons. The van der Waals surface area contributed by atoms with E-state index in [1.54, 1.807) is 18.2 Å². The topological polar surface area (TPSA) is 99.4 Å². The number of carboxylic acid groups (broad SMARTS) is 1. The van der Waals surface area contributed by atoms with Crippen molar-refractivity contribution >= 4 is 33.5 Å². The zero-order valence-corrected chi connectivity index (χ0v) is 10.7. The van der Waals surface area contributed by atoms with Crippen LogP contribution in [0.25, 0.3) is 0 Å². The number of carbonyl (C=O) groups excluding carboxylic acids is 1. The molecule has 0 bridgehead atoms. The van der Waals surface area contributed by atoms with Gasteiger partial charge in [-0.25, -0.2) is 4.79 Å². The number of hydrogen-bond acceptors (Lipinski definition) is 4. The molecule has 0 spiro atoms. The predicted molar refractivity (Wildman–Crippen MR) is 65.9 cm³/mol.